The van der Waals surface area contributed by atoms with E-state index in [1.54, 1.807) is 14.2 Å². The Morgan fingerprint density at radius 3 is 1.28 bits per heavy atom. The van der Waals surface area contributed by atoms with Gasteiger partial charge in [0.15, 0.2) is 0 Å². The molecular weight excluding hydrogens is 536 g/mol. The Bertz CT molecular complexity index is 1050. The number of allylic oxidation sites excluding steroid dienone is 2. The van der Waals surface area contributed by atoms with E-state index in [0.29, 0.717) is 25.9 Å². The van der Waals surface area contributed by atoms with Crippen LogP contribution in [0, 0.1) is 0 Å². The maximum atomic E-state index is 12.1. The number of para-hydroxylation sites is 2. The Labute approximate surface area is 261 Å². The van der Waals surface area contributed by atoms with Crippen LogP contribution in [0.1, 0.15) is 120 Å². The quantitative estimate of drug-likeness (QED) is 0.0892. The summed E-state index contributed by atoms with van der Waals surface area (Å²) in [5, 5.41) is 6.01. The summed E-state index contributed by atoms with van der Waals surface area (Å²) in [6.45, 7) is 1.04. The van der Waals surface area contributed by atoms with Gasteiger partial charge < -0.3 is 20.1 Å². The van der Waals surface area contributed by atoms with Crippen molar-refractivity contribution >= 4 is 11.8 Å². The highest BCUT2D eigenvalue weighted by molar-refractivity contribution is 5.76. The molecule has 0 aromatic heterocycles. The molecule has 2 aromatic carbocycles. The van der Waals surface area contributed by atoms with Gasteiger partial charge in [0.05, 0.1) is 14.2 Å². The van der Waals surface area contributed by atoms with E-state index in [0.717, 1.165) is 48.3 Å². The monoisotopic (exact) mass is 592 g/mol. The van der Waals surface area contributed by atoms with Crippen LogP contribution in [-0.2, 0) is 22.7 Å². The van der Waals surface area contributed by atoms with Gasteiger partial charge >= 0.3 is 0 Å². The zero-order chi connectivity index (χ0) is 30.8. The first kappa shape index (κ1) is 35.9. The number of amides is 2. The second-order valence-electron chi connectivity index (χ2n) is 11.3. The van der Waals surface area contributed by atoms with Crippen LogP contribution in [0.5, 0.6) is 11.5 Å². The Morgan fingerprint density at radius 1 is 0.535 bits per heavy atom. The average molecular weight is 593 g/mol. The van der Waals surface area contributed by atoms with Gasteiger partial charge in [0, 0.05) is 37.1 Å². The Kier molecular flexibility index (Phi) is 20.2. The summed E-state index contributed by atoms with van der Waals surface area (Å²) in [6, 6.07) is 15.6. The molecule has 0 aliphatic carbocycles. The molecule has 0 radical (unpaired) electrons. The number of ether oxygens (including phenoxy) is 2. The molecule has 2 rings (SSSR count). The Morgan fingerprint density at radius 2 is 0.884 bits per heavy atom. The van der Waals surface area contributed by atoms with Gasteiger partial charge in [-0.05, 0) is 50.7 Å². The molecule has 6 heteroatoms. The molecule has 2 aromatic rings. The first-order valence-electron chi connectivity index (χ1n) is 16.6. The molecule has 2 amide bonds. The molecule has 0 aliphatic rings. The fourth-order valence-corrected chi connectivity index (χ4v) is 5.18. The van der Waals surface area contributed by atoms with Gasteiger partial charge in [-0.25, -0.2) is 0 Å². The maximum Gasteiger partial charge on any atom is 0.220 e. The molecule has 0 bridgehead atoms. The van der Waals surface area contributed by atoms with Gasteiger partial charge in [-0.1, -0.05) is 106 Å². The molecule has 238 valence electrons. The van der Waals surface area contributed by atoms with E-state index in [-0.39, 0.29) is 11.8 Å². The lowest BCUT2D eigenvalue weighted by Gasteiger charge is -2.09. The van der Waals surface area contributed by atoms with Crippen LogP contribution in [0.3, 0.4) is 0 Å². The zero-order valence-electron chi connectivity index (χ0n) is 26.8. The second-order valence-corrected chi connectivity index (χ2v) is 11.3. The number of methoxy groups -OCH3 is 2. The highest BCUT2D eigenvalue weighted by Crippen LogP contribution is 2.18. The molecule has 0 spiro atoms. The fourth-order valence-electron chi connectivity index (χ4n) is 5.18. The minimum atomic E-state index is 0.120. The summed E-state index contributed by atoms with van der Waals surface area (Å²) in [4.78, 5) is 24.2. The van der Waals surface area contributed by atoms with Crippen molar-refractivity contribution in [1.82, 2.24) is 10.6 Å². The third-order valence-corrected chi connectivity index (χ3v) is 7.80. The largest absolute Gasteiger partial charge is 0.496 e. The lowest BCUT2D eigenvalue weighted by molar-refractivity contribution is -0.122. The van der Waals surface area contributed by atoms with Crippen LogP contribution in [0.4, 0.5) is 0 Å². The molecule has 2 N–H and O–H groups in total. The van der Waals surface area contributed by atoms with E-state index in [1.807, 2.05) is 48.5 Å². The average Bonchev–Trinajstić information content (AvgIpc) is 3.04. The van der Waals surface area contributed by atoms with E-state index in [1.165, 1.54) is 70.6 Å². The van der Waals surface area contributed by atoms with E-state index in [9.17, 15) is 9.59 Å². The third-order valence-electron chi connectivity index (χ3n) is 7.80. The predicted octanol–water partition coefficient (Wildman–Crippen LogP) is 8.82. The minimum Gasteiger partial charge on any atom is -0.496 e. The van der Waals surface area contributed by atoms with Crippen molar-refractivity contribution in [2.24, 2.45) is 0 Å². The summed E-state index contributed by atoms with van der Waals surface area (Å²) in [6.07, 6.45) is 23.8. The second kappa shape index (κ2) is 24.2. The van der Waals surface area contributed by atoms with Crippen molar-refractivity contribution in [3.63, 3.8) is 0 Å². The number of nitrogens with one attached hydrogen (secondary N) is 2. The number of rotatable bonds is 25. The van der Waals surface area contributed by atoms with E-state index >= 15 is 0 Å². The first-order valence-corrected chi connectivity index (χ1v) is 16.6. The summed E-state index contributed by atoms with van der Waals surface area (Å²) in [5.74, 6) is 1.88. The predicted molar refractivity (Wildman–Crippen MR) is 177 cm³/mol. The molecule has 0 atom stereocenters. The molecule has 0 saturated carbocycles. The molecule has 0 unspecified atom stereocenters. The van der Waals surface area contributed by atoms with Crippen molar-refractivity contribution in [2.75, 3.05) is 14.2 Å². The SMILES string of the molecule is COc1ccccc1CNC(=O)CCCCCCCC/C=C/CCCCCCCCCC(=O)NCc1ccccc1OC. The van der Waals surface area contributed by atoms with Crippen LogP contribution < -0.4 is 20.1 Å². The molecule has 43 heavy (non-hydrogen) atoms. The summed E-state index contributed by atoms with van der Waals surface area (Å²) in [5.41, 5.74) is 2.02. The normalized spacial score (nSPS) is 11.0. The topological polar surface area (TPSA) is 76.7 Å². The van der Waals surface area contributed by atoms with Crippen LogP contribution in [0.25, 0.3) is 0 Å². The van der Waals surface area contributed by atoms with Crippen molar-refractivity contribution in [3.05, 3.63) is 71.8 Å². The molecule has 0 fully saturated rings. The van der Waals surface area contributed by atoms with Crippen LogP contribution in [-0.4, -0.2) is 26.0 Å². The Hall–Kier alpha value is -3.28. The standard InChI is InChI=1S/C37H56N2O4/c1-42-34-26-22-20-24-32(34)30-38-36(40)28-18-16-14-12-10-8-6-4-3-5-7-9-11-13-15-17-19-29-37(41)39-31-33-25-21-23-27-35(33)43-2/h3-4,20-27H,5-19,28-31H2,1-2H3,(H,38,40)(H,39,41)/b4-3+. The van der Waals surface area contributed by atoms with E-state index < -0.39 is 0 Å². The number of carbonyl (C=O) groups excluding carboxylic acids is 2. The number of carbonyl (C=O) groups is 2. The van der Waals surface area contributed by atoms with Crippen LogP contribution in [0.2, 0.25) is 0 Å². The van der Waals surface area contributed by atoms with E-state index in [2.05, 4.69) is 22.8 Å². The minimum absolute atomic E-state index is 0.120. The fraction of sp³-hybridized carbons (Fsp3) is 0.568. The number of hydrogen-bond acceptors (Lipinski definition) is 4. The first-order chi connectivity index (χ1) is 21.1. The van der Waals surface area contributed by atoms with Crippen molar-refractivity contribution < 1.29 is 19.1 Å². The highest BCUT2D eigenvalue weighted by atomic mass is 16.5. The zero-order valence-corrected chi connectivity index (χ0v) is 26.8. The molecule has 0 aliphatic heterocycles. The van der Waals surface area contributed by atoms with E-state index in [4.69, 9.17) is 9.47 Å². The summed E-state index contributed by atoms with van der Waals surface area (Å²) < 4.78 is 10.7. The highest BCUT2D eigenvalue weighted by Gasteiger charge is 2.06. The van der Waals surface area contributed by atoms with Crippen molar-refractivity contribution in [3.8, 4) is 11.5 Å². The number of hydrogen-bond donors (Lipinski definition) is 2. The van der Waals surface area contributed by atoms with Gasteiger partial charge in [0.1, 0.15) is 11.5 Å². The van der Waals surface area contributed by atoms with Gasteiger partial charge in [-0.2, -0.15) is 0 Å². The maximum absolute atomic E-state index is 12.1. The van der Waals surface area contributed by atoms with Gasteiger partial charge in [-0.3, -0.25) is 9.59 Å². The number of unbranched alkanes of at least 4 members (excludes halogenated alkanes) is 13. The number of benzene rings is 2. The lowest BCUT2D eigenvalue weighted by Crippen LogP contribution is -2.22. The molecule has 6 nitrogen and oxygen atoms in total. The van der Waals surface area contributed by atoms with Gasteiger partial charge in [0.2, 0.25) is 11.8 Å². The van der Waals surface area contributed by atoms with Gasteiger partial charge in [0.25, 0.3) is 0 Å². The van der Waals surface area contributed by atoms with Gasteiger partial charge in [-0.15, -0.1) is 0 Å². The molecular formula is C37H56N2O4. The van der Waals surface area contributed by atoms with Crippen LogP contribution >= 0.6 is 0 Å². The Balaban J connectivity index is 1.30. The smallest absolute Gasteiger partial charge is 0.220 e. The van der Waals surface area contributed by atoms with Crippen molar-refractivity contribution in [2.45, 2.75) is 122 Å². The third kappa shape index (κ3) is 17.4. The summed E-state index contributed by atoms with van der Waals surface area (Å²) >= 11 is 0. The summed E-state index contributed by atoms with van der Waals surface area (Å²) in [7, 11) is 3.31. The van der Waals surface area contributed by atoms with Crippen LogP contribution in [0.15, 0.2) is 60.7 Å². The van der Waals surface area contributed by atoms with Crippen molar-refractivity contribution in [1.29, 1.82) is 0 Å². The molecule has 0 saturated heterocycles. The lowest BCUT2D eigenvalue weighted by atomic mass is 10.1. The molecule has 0 heterocycles.